The van der Waals surface area contributed by atoms with E-state index in [0.29, 0.717) is 19.0 Å². The average molecular weight is 266 g/mol. The SMILES string of the molecule is Cc1cc(C(=O)N(C)CCC(C)O)c(C)n1C(C)C. The van der Waals surface area contributed by atoms with E-state index >= 15 is 0 Å². The second-order valence-electron chi connectivity index (χ2n) is 5.61. The summed E-state index contributed by atoms with van der Waals surface area (Å²) < 4.78 is 2.18. The van der Waals surface area contributed by atoms with Gasteiger partial charge in [-0.15, -0.1) is 0 Å². The van der Waals surface area contributed by atoms with Crippen molar-refractivity contribution >= 4 is 5.91 Å². The molecule has 0 saturated carbocycles. The highest BCUT2D eigenvalue weighted by Crippen LogP contribution is 2.21. The standard InChI is InChI=1S/C15H26N2O2/c1-10(2)17-11(3)9-14(13(17)5)15(19)16(6)8-7-12(4)18/h9-10,12,18H,7-8H2,1-6H3. The van der Waals surface area contributed by atoms with Crippen LogP contribution in [0.3, 0.4) is 0 Å². The van der Waals surface area contributed by atoms with Gasteiger partial charge >= 0.3 is 0 Å². The number of rotatable bonds is 5. The first-order valence-electron chi connectivity index (χ1n) is 6.87. The highest BCUT2D eigenvalue weighted by Gasteiger charge is 2.20. The van der Waals surface area contributed by atoms with Crippen LogP contribution in [0.2, 0.25) is 0 Å². The van der Waals surface area contributed by atoms with Crippen LogP contribution in [0.25, 0.3) is 0 Å². The van der Waals surface area contributed by atoms with Crippen molar-refractivity contribution in [3.05, 3.63) is 23.0 Å². The van der Waals surface area contributed by atoms with Crippen molar-refractivity contribution in [2.45, 2.75) is 53.2 Å². The first kappa shape index (κ1) is 15.8. The maximum absolute atomic E-state index is 12.4. The van der Waals surface area contributed by atoms with E-state index in [0.717, 1.165) is 17.0 Å². The number of aromatic nitrogens is 1. The summed E-state index contributed by atoms with van der Waals surface area (Å²) >= 11 is 0. The lowest BCUT2D eigenvalue weighted by Crippen LogP contribution is -2.29. The van der Waals surface area contributed by atoms with Crippen LogP contribution in [-0.2, 0) is 0 Å². The van der Waals surface area contributed by atoms with Gasteiger partial charge in [-0.25, -0.2) is 0 Å². The minimum absolute atomic E-state index is 0.0284. The molecule has 1 amide bonds. The molecule has 0 spiro atoms. The highest BCUT2D eigenvalue weighted by molar-refractivity contribution is 5.95. The van der Waals surface area contributed by atoms with E-state index in [9.17, 15) is 9.90 Å². The number of carbonyl (C=O) groups excluding carboxylic acids is 1. The highest BCUT2D eigenvalue weighted by atomic mass is 16.3. The molecule has 0 aliphatic heterocycles. The van der Waals surface area contributed by atoms with E-state index < -0.39 is 0 Å². The van der Waals surface area contributed by atoms with Gasteiger partial charge in [0.15, 0.2) is 0 Å². The largest absolute Gasteiger partial charge is 0.393 e. The Bertz CT molecular complexity index is 447. The van der Waals surface area contributed by atoms with Crippen LogP contribution in [0.5, 0.6) is 0 Å². The van der Waals surface area contributed by atoms with Gasteiger partial charge in [-0.05, 0) is 47.1 Å². The minimum Gasteiger partial charge on any atom is -0.393 e. The van der Waals surface area contributed by atoms with Gasteiger partial charge in [0, 0.05) is 31.0 Å². The van der Waals surface area contributed by atoms with Crippen LogP contribution in [0.4, 0.5) is 0 Å². The fraction of sp³-hybridized carbons (Fsp3) is 0.667. The summed E-state index contributed by atoms with van der Waals surface area (Å²) in [5.41, 5.74) is 2.89. The molecule has 1 rings (SSSR count). The number of hydrogen-bond acceptors (Lipinski definition) is 2. The molecule has 1 atom stereocenters. The first-order chi connectivity index (χ1) is 8.75. The Labute approximate surface area is 116 Å². The third-order valence-corrected chi connectivity index (χ3v) is 3.46. The predicted octanol–water partition coefficient (Wildman–Crippen LogP) is 2.53. The van der Waals surface area contributed by atoms with Gasteiger partial charge in [0.05, 0.1) is 11.7 Å². The molecule has 0 saturated heterocycles. The van der Waals surface area contributed by atoms with E-state index in [-0.39, 0.29) is 12.0 Å². The predicted molar refractivity (Wildman–Crippen MR) is 77.5 cm³/mol. The molecule has 19 heavy (non-hydrogen) atoms. The zero-order valence-electron chi connectivity index (χ0n) is 12.9. The van der Waals surface area contributed by atoms with Gasteiger partial charge in [-0.3, -0.25) is 4.79 Å². The Hall–Kier alpha value is -1.29. The van der Waals surface area contributed by atoms with Crippen LogP contribution in [0.15, 0.2) is 6.07 Å². The Morgan fingerprint density at radius 2 is 1.95 bits per heavy atom. The fourth-order valence-corrected chi connectivity index (χ4v) is 2.48. The van der Waals surface area contributed by atoms with Gasteiger partial charge in [0.2, 0.25) is 0 Å². The molecule has 0 radical (unpaired) electrons. The molecule has 108 valence electrons. The topological polar surface area (TPSA) is 45.5 Å². The monoisotopic (exact) mass is 266 g/mol. The van der Waals surface area contributed by atoms with Crippen molar-refractivity contribution in [3.8, 4) is 0 Å². The van der Waals surface area contributed by atoms with Crippen LogP contribution in [0.1, 0.15) is 55.0 Å². The van der Waals surface area contributed by atoms with Crippen molar-refractivity contribution in [1.82, 2.24) is 9.47 Å². The van der Waals surface area contributed by atoms with Crippen molar-refractivity contribution in [2.24, 2.45) is 0 Å². The third-order valence-electron chi connectivity index (χ3n) is 3.46. The van der Waals surface area contributed by atoms with Gasteiger partial charge in [0.1, 0.15) is 0 Å². The van der Waals surface area contributed by atoms with Gasteiger partial charge in [-0.1, -0.05) is 0 Å². The van der Waals surface area contributed by atoms with E-state index in [1.54, 1.807) is 18.9 Å². The van der Waals surface area contributed by atoms with Crippen LogP contribution in [0, 0.1) is 13.8 Å². The average Bonchev–Trinajstić information content (AvgIpc) is 2.60. The van der Waals surface area contributed by atoms with Crippen molar-refractivity contribution in [3.63, 3.8) is 0 Å². The molecule has 1 unspecified atom stereocenters. The second-order valence-corrected chi connectivity index (χ2v) is 5.61. The lowest BCUT2D eigenvalue weighted by atomic mass is 10.2. The zero-order chi connectivity index (χ0) is 14.7. The summed E-state index contributed by atoms with van der Waals surface area (Å²) in [4.78, 5) is 14.1. The molecule has 0 bridgehead atoms. The van der Waals surface area contributed by atoms with Crippen LogP contribution in [-0.4, -0.2) is 40.2 Å². The summed E-state index contributed by atoms with van der Waals surface area (Å²) in [5, 5.41) is 9.29. The van der Waals surface area contributed by atoms with Crippen molar-refractivity contribution in [2.75, 3.05) is 13.6 Å². The normalized spacial score (nSPS) is 12.8. The lowest BCUT2D eigenvalue weighted by molar-refractivity contribution is 0.0768. The maximum Gasteiger partial charge on any atom is 0.255 e. The van der Waals surface area contributed by atoms with E-state index in [2.05, 4.69) is 18.4 Å². The number of carbonyl (C=O) groups is 1. The first-order valence-corrected chi connectivity index (χ1v) is 6.87. The maximum atomic E-state index is 12.4. The third kappa shape index (κ3) is 3.60. The second kappa shape index (κ2) is 6.24. The Morgan fingerprint density at radius 3 is 2.37 bits per heavy atom. The summed E-state index contributed by atoms with van der Waals surface area (Å²) in [7, 11) is 1.78. The molecule has 0 aliphatic carbocycles. The van der Waals surface area contributed by atoms with Crippen molar-refractivity contribution in [1.29, 1.82) is 0 Å². The summed E-state index contributed by atoms with van der Waals surface area (Å²) in [6.07, 6.45) is 0.226. The van der Waals surface area contributed by atoms with Gasteiger partial charge in [0.25, 0.3) is 5.91 Å². The summed E-state index contributed by atoms with van der Waals surface area (Å²) in [6, 6.07) is 2.31. The smallest absolute Gasteiger partial charge is 0.255 e. The Kier molecular flexibility index (Phi) is 5.18. The lowest BCUT2D eigenvalue weighted by Gasteiger charge is -2.19. The number of aliphatic hydroxyl groups excluding tert-OH is 1. The number of aryl methyl sites for hydroxylation is 1. The molecule has 0 aliphatic rings. The quantitative estimate of drug-likeness (QED) is 0.890. The van der Waals surface area contributed by atoms with E-state index in [4.69, 9.17) is 0 Å². The summed E-state index contributed by atoms with van der Waals surface area (Å²) in [6.45, 7) is 10.6. The van der Waals surface area contributed by atoms with E-state index in [1.807, 2.05) is 19.9 Å². The van der Waals surface area contributed by atoms with Crippen LogP contribution < -0.4 is 0 Å². The molecule has 0 aromatic carbocycles. The fourth-order valence-electron chi connectivity index (χ4n) is 2.48. The number of hydrogen-bond donors (Lipinski definition) is 1. The Balaban J connectivity index is 2.91. The summed E-state index contributed by atoms with van der Waals surface area (Å²) in [5.74, 6) is 0.0284. The van der Waals surface area contributed by atoms with Crippen molar-refractivity contribution < 1.29 is 9.90 Å². The molecule has 1 aromatic heterocycles. The van der Waals surface area contributed by atoms with Gasteiger partial charge in [-0.2, -0.15) is 0 Å². The molecule has 0 fully saturated rings. The molecule has 4 nitrogen and oxygen atoms in total. The molecule has 1 heterocycles. The number of aliphatic hydroxyl groups is 1. The molecular weight excluding hydrogens is 240 g/mol. The number of amides is 1. The molecular formula is C15H26N2O2. The van der Waals surface area contributed by atoms with E-state index in [1.165, 1.54) is 0 Å². The van der Waals surface area contributed by atoms with Crippen LogP contribution >= 0.6 is 0 Å². The minimum atomic E-state index is -0.377. The number of nitrogens with zero attached hydrogens (tertiary/aromatic N) is 2. The zero-order valence-corrected chi connectivity index (χ0v) is 12.9. The Morgan fingerprint density at radius 1 is 1.37 bits per heavy atom. The van der Waals surface area contributed by atoms with Gasteiger partial charge < -0.3 is 14.6 Å². The molecule has 4 heteroatoms. The molecule has 1 aromatic rings. The molecule has 1 N–H and O–H groups in total.